The molecule has 0 N–H and O–H groups in total. The summed E-state index contributed by atoms with van der Waals surface area (Å²) in [4.78, 5) is 11.3. The molecule has 164 valence electrons. The standard InChI is InChI=1S/C25H29ClN3.C2H6/c1-20-8-7-11-22(16-20)17-25(27-2)28-24-13-15-29(14-12-23(24)18-26)19-21-9-5-3-4-6-10-21;1-2/h2-3,5-11,16H,4,12-15,17-19H2,1H3;1-2H3/q+1;. The molecule has 1 aromatic carbocycles. The van der Waals surface area contributed by atoms with Gasteiger partial charge in [-0.2, -0.15) is 4.85 Å². The van der Waals surface area contributed by atoms with Crippen LogP contribution < -0.4 is 0 Å². The van der Waals surface area contributed by atoms with Gasteiger partial charge in [0.15, 0.2) is 5.70 Å². The van der Waals surface area contributed by atoms with Crippen LogP contribution in [0.2, 0.25) is 0 Å². The molecule has 3 rings (SSSR count). The Morgan fingerprint density at radius 1 is 1.19 bits per heavy atom. The number of hydrogen-bond donors (Lipinski definition) is 0. The molecule has 0 radical (unpaired) electrons. The van der Waals surface area contributed by atoms with E-state index < -0.39 is 0 Å². The van der Waals surface area contributed by atoms with E-state index in [2.05, 4.69) is 71.3 Å². The molecule has 1 aliphatic carbocycles. The third-order valence-electron chi connectivity index (χ3n) is 5.28. The quantitative estimate of drug-likeness (QED) is 0.268. The van der Waals surface area contributed by atoms with Crippen molar-refractivity contribution in [2.75, 3.05) is 25.5 Å². The fraction of sp³-hybridized carbons (Fsp3) is 0.407. The second-order valence-corrected chi connectivity index (χ2v) is 7.86. The zero-order chi connectivity index (χ0) is 22.5. The van der Waals surface area contributed by atoms with Crippen LogP contribution in [0.3, 0.4) is 0 Å². The molecule has 4 heteroatoms. The Hall–Kier alpha value is -2.41. The van der Waals surface area contributed by atoms with Gasteiger partial charge in [-0.15, -0.1) is 11.6 Å². The molecule has 0 aromatic heterocycles. The number of allylic oxidation sites excluding steroid dienone is 4. The van der Waals surface area contributed by atoms with Crippen molar-refractivity contribution < 1.29 is 0 Å². The predicted octanol–water partition coefficient (Wildman–Crippen LogP) is 6.96. The molecule has 0 atom stereocenters. The summed E-state index contributed by atoms with van der Waals surface area (Å²) in [7, 11) is 0. The van der Waals surface area contributed by atoms with Crippen LogP contribution in [0.15, 0.2) is 76.5 Å². The van der Waals surface area contributed by atoms with E-state index in [1.54, 1.807) is 0 Å². The van der Waals surface area contributed by atoms with Gasteiger partial charge >= 0.3 is 5.84 Å². The van der Waals surface area contributed by atoms with Crippen molar-refractivity contribution in [3.8, 4) is 6.57 Å². The van der Waals surface area contributed by atoms with Crippen LogP contribution in [0.1, 0.15) is 44.2 Å². The maximum atomic E-state index is 6.28. The Morgan fingerprint density at radius 2 is 2.00 bits per heavy atom. The molecule has 1 heterocycles. The lowest BCUT2D eigenvalue weighted by molar-refractivity contribution is 0.313. The molecule has 0 saturated carbocycles. The van der Waals surface area contributed by atoms with Crippen LogP contribution in [0.5, 0.6) is 0 Å². The zero-order valence-corrected chi connectivity index (χ0v) is 19.9. The summed E-state index contributed by atoms with van der Waals surface area (Å²) in [6.45, 7) is 14.7. The molecule has 31 heavy (non-hydrogen) atoms. The molecular weight excluding hydrogens is 402 g/mol. The third kappa shape index (κ3) is 8.32. The molecule has 0 amide bonds. The smallest absolute Gasteiger partial charge is 0.298 e. The summed E-state index contributed by atoms with van der Waals surface area (Å²) in [6, 6.07) is 8.37. The fourth-order valence-corrected chi connectivity index (χ4v) is 3.98. The summed E-state index contributed by atoms with van der Waals surface area (Å²) < 4.78 is 0. The van der Waals surface area contributed by atoms with Gasteiger partial charge in [0.05, 0.1) is 6.42 Å². The highest BCUT2D eigenvalue weighted by molar-refractivity contribution is 6.19. The number of aliphatic imine (C=N–C) groups is 1. The molecular formula is C27H35ClN3+. The monoisotopic (exact) mass is 436 g/mol. The molecule has 3 nitrogen and oxygen atoms in total. The Balaban J connectivity index is 0.00000166. The van der Waals surface area contributed by atoms with Gasteiger partial charge in [-0.1, -0.05) is 74.1 Å². The first-order valence-corrected chi connectivity index (χ1v) is 11.8. The van der Waals surface area contributed by atoms with Crippen molar-refractivity contribution >= 4 is 17.4 Å². The van der Waals surface area contributed by atoms with Crippen molar-refractivity contribution in [3.63, 3.8) is 0 Å². The molecule has 1 aliphatic heterocycles. The van der Waals surface area contributed by atoms with E-state index in [9.17, 15) is 0 Å². The van der Waals surface area contributed by atoms with Crippen LogP contribution >= 0.6 is 11.6 Å². The molecule has 0 spiro atoms. The van der Waals surface area contributed by atoms with Crippen LogP contribution in [-0.4, -0.2) is 36.2 Å². The highest BCUT2D eigenvalue weighted by atomic mass is 35.5. The molecule has 0 bridgehead atoms. The van der Waals surface area contributed by atoms with E-state index in [1.807, 2.05) is 13.8 Å². The summed E-state index contributed by atoms with van der Waals surface area (Å²) >= 11 is 6.28. The van der Waals surface area contributed by atoms with Crippen LogP contribution in [-0.2, 0) is 6.42 Å². The topological polar surface area (TPSA) is 20.0 Å². The second kappa shape index (κ2) is 13.8. The van der Waals surface area contributed by atoms with E-state index in [0.717, 1.165) is 44.6 Å². The van der Waals surface area contributed by atoms with Gasteiger partial charge in [-0.3, -0.25) is 4.90 Å². The number of amidine groups is 1. The highest BCUT2D eigenvalue weighted by Gasteiger charge is 2.22. The summed E-state index contributed by atoms with van der Waals surface area (Å²) in [5, 5.41) is 0. The maximum Gasteiger partial charge on any atom is 0.405 e. The van der Waals surface area contributed by atoms with Gasteiger partial charge < -0.3 is 0 Å². The van der Waals surface area contributed by atoms with Crippen molar-refractivity contribution in [3.05, 3.63) is 87.5 Å². The van der Waals surface area contributed by atoms with Gasteiger partial charge in [0.25, 0.3) is 0 Å². The SMILES string of the molecule is C#[N+]C(Cc1cccc(C)c1)=NC1=C(CCl)CCN(CC2=CC=CCC=C2)CC1.CC. The third-order valence-corrected chi connectivity index (χ3v) is 5.60. The molecule has 2 aliphatic rings. The van der Waals surface area contributed by atoms with Crippen LogP contribution in [0.4, 0.5) is 0 Å². The Bertz CT molecular complexity index is 913. The number of alkyl halides is 1. The summed E-state index contributed by atoms with van der Waals surface area (Å²) in [5.41, 5.74) is 5.98. The highest BCUT2D eigenvalue weighted by Crippen LogP contribution is 2.23. The Labute approximate surface area is 193 Å². The number of benzene rings is 1. The van der Waals surface area contributed by atoms with Gasteiger partial charge in [0, 0.05) is 31.9 Å². The zero-order valence-electron chi connectivity index (χ0n) is 19.1. The van der Waals surface area contributed by atoms with E-state index in [4.69, 9.17) is 23.2 Å². The van der Waals surface area contributed by atoms with E-state index in [-0.39, 0.29) is 0 Å². The number of rotatable bonds is 6. The van der Waals surface area contributed by atoms with Crippen LogP contribution in [0.25, 0.3) is 4.85 Å². The lowest BCUT2D eigenvalue weighted by Crippen LogP contribution is -2.27. The van der Waals surface area contributed by atoms with E-state index >= 15 is 0 Å². The van der Waals surface area contributed by atoms with E-state index in [0.29, 0.717) is 18.1 Å². The van der Waals surface area contributed by atoms with Crippen molar-refractivity contribution in [1.82, 2.24) is 4.90 Å². The van der Waals surface area contributed by atoms with Crippen molar-refractivity contribution in [2.24, 2.45) is 4.99 Å². The van der Waals surface area contributed by atoms with Crippen molar-refractivity contribution in [1.29, 1.82) is 0 Å². The minimum Gasteiger partial charge on any atom is -0.298 e. The van der Waals surface area contributed by atoms with Gasteiger partial charge in [0.1, 0.15) is 6.57 Å². The maximum absolute atomic E-state index is 6.28. The fourth-order valence-electron chi connectivity index (χ4n) is 3.69. The number of hydrogen-bond acceptors (Lipinski definition) is 2. The Kier molecular flexibility index (Phi) is 11.1. The number of aryl methyl sites for hydroxylation is 1. The summed E-state index contributed by atoms with van der Waals surface area (Å²) in [5.74, 6) is 1.15. The first-order chi connectivity index (χ1) is 15.2. The number of halogens is 1. The second-order valence-electron chi connectivity index (χ2n) is 7.59. The normalized spacial score (nSPS) is 17.3. The minimum atomic E-state index is 0.500. The first kappa shape index (κ1) is 24.9. The first-order valence-electron chi connectivity index (χ1n) is 11.2. The molecule has 0 unspecified atom stereocenters. The van der Waals surface area contributed by atoms with Gasteiger partial charge in [-0.25, -0.2) is 0 Å². The number of nitrogens with zero attached hydrogens (tertiary/aromatic N) is 3. The van der Waals surface area contributed by atoms with E-state index in [1.165, 1.54) is 22.3 Å². The van der Waals surface area contributed by atoms with Crippen LogP contribution in [0, 0.1) is 13.5 Å². The summed E-state index contributed by atoms with van der Waals surface area (Å²) in [6.07, 6.45) is 14.4. The van der Waals surface area contributed by atoms with Gasteiger partial charge in [0.2, 0.25) is 0 Å². The average Bonchev–Trinajstić information content (AvgIpc) is 3.16. The average molecular weight is 437 g/mol. The molecule has 0 saturated heterocycles. The van der Waals surface area contributed by atoms with Gasteiger partial charge in [-0.05, 0) is 41.5 Å². The molecule has 1 aromatic rings. The Morgan fingerprint density at radius 3 is 2.74 bits per heavy atom. The largest absolute Gasteiger partial charge is 0.405 e. The predicted molar refractivity (Wildman–Crippen MR) is 136 cm³/mol. The van der Waals surface area contributed by atoms with Crippen molar-refractivity contribution in [2.45, 2.75) is 46.5 Å². The lowest BCUT2D eigenvalue weighted by atomic mass is 10.1. The lowest BCUT2D eigenvalue weighted by Gasteiger charge is -2.20. The molecule has 0 fully saturated rings. The minimum absolute atomic E-state index is 0.500.